The molecular formula is C10H15N5O. The molecule has 2 aromatic rings. The summed E-state index contributed by atoms with van der Waals surface area (Å²) in [6.45, 7) is 7.52. The van der Waals surface area contributed by atoms with Gasteiger partial charge in [0.1, 0.15) is 17.7 Å². The number of hydrogen-bond donors (Lipinski definition) is 1. The lowest BCUT2D eigenvalue weighted by molar-refractivity contribution is 0.100. The van der Waals surface area contributed by atoms with Crippen LogP contribution in [0, 0.1) is 13.8 Å². The molecule has 0 saturated heterocycles. The minimum atomic E-state index is -0.534. The van der Waals surface area contributed by atoms with E-state index < -0.39 is 5.91 Å². The Morgan fingerprint density at radius 3 is 2.56 bits per heavy atom. The van der Waals surface area contributed by atoms with Crippen molar-refractivity contribution in [3.63, 3.8) is 0 Å². The van der Waals surface area contributed by atoms with E-state index in [1.807, 2.05) is 13.8 Å². The summed E-state index contributed by atoms with van der Waals surface area (Å²) in [5.41, 5.74) is 6.60. The van der Waals surface area contributed by atoms with Crippen molar-refractivity contribution in [2.75, 3.05) is 0 Å². The summed E-state index contributed by atoms with van der Waals surface area (Å²) < 4.78 is 1.49. The Labute approximate surface area is 93.5 Å². The standard InChI is InChI=1S/C8H9N5O.C2H6/c1-4-6(7(9)14)8-10-3-11-13(8)5(2)12-4;1-2/h3H,1-2H3,(H2,9,14);1-2H3. The van der Waals surface area contributed by atoms with E-state index in [0.717, 1.165) is 0 Å². The van der Waals surface area contributed by atoms with E-state index >= 15 is 0 Å². The molecule has 2 aromatic heterocycles. The monoisotopic (exact) mass is 221 g/mol. The van der Waals surface area contributed by atoms with Gasteiger partial charge in [-0.2, -0.15) is 9.61 Å². The largest absolute Gasteiger partial charge is 0.365 e. The molecule has 16 heavy (non-hydrogen) atoms. The Bertz CT molecular complexity index is 517. The molecule has 86 valence electrons. The van der Waals surface area contributed by atoms with Crippen molar-refractivity contribution in [3.05, 3.63) is 23.4 Å². The first kappa shape index (κ1) is 12.1. The van der Waals surface area contributed by atoms with Gasteiger partial charge in [-0.1, -0.05) is 13.8 Å². The SMILES string of the molecule is CC.Cc1nc(C)n2ncnc2c1C(N)=O. The van der Waals surface area contributed by atoms with Crippen LogP contribution in [0.4, 0.5) is 0 Å². The molecule has 0 aromatic carbocycles. The molecule has 6 nitrogen and oxygen atoms in total. The van der Waals surface area contributed by atoms with Crippen LogP contribution >= 0.6 is 0 Å². The van der Waals surface area contributed by atoms with Gasteiger partial charge in [0.15, 0.2) is 5.65 Å². The van der Waals surface area contributed by atoms with Crippen LogP contribution in [0.3, 0.4) is 0 Å². The van der Waals surface area contributed by atoms with Gasteiger partial charge in [0.05, 0.1) is 5.69 Å². The minimum Gasteiger partial charge on any atom is -0.365 e. The normalized spacial score (nSPS) is 9.75. The fraction of sp³-hybridized carbons (Fsp3) is 0.400. The Morgan fingerprint density at radius 1 is 1.38 bits per heavy atom. The van der Waals surface area contributed by atoms with E-state index in [4.69, 9.17) is 5.73 Å². The zero-order valence-electron chi connectivity index (χ0n) is 9.85. The number of fused-ring (bicyclic) bond motifs is 1. The molecule has 2 rings (SSSR count). The van der Waals surface area contributed by atoms with Crippen molar-refractivity contribution in [1.82, 2.24) is 19.6 Å². The maximum absolute atomic E-state index is 11.1. The van der Waals surface area contributed by atoms with Gasteiger partial charge in [-0.25, -0.2) is 9.97 Å². The highest BCUT2D eigenvalue weighted by atomic mass is 16.1. The number of amides is 1. The fourth-order valence-electron chi connectivity index (χ4n) is 1.45. The second kappa shape index (κ2) is 4.69. The summed E-state index contributed by atoms with van der Waals surface area (Å²) >= 11 is 0. The van der Waals surface area contributed by atoms with Gasteiger partial charge in [0.25, 0.3) is 5.91 Å². The highest BCUT2D eigenvalue weighted by Gasteiger charge is 2.15. The van der Waals surface area contributed by atoms with Crippen LogP contribution < -0.4 is 5.73 Å². The van der Waals surface area contributed by atoms with Gasteiger partial charge in [-0.05, 0) is 13.8 Å². The van der Waals surface area contributed by atoms with E-state index in [1.54, 1.807) is 13.8 Å². The van der Waals surface area contributed by atoms with Crippen molar-refractivity contribution >= 4 is 11.6 Å². The molecule has 0 saturated carbocycles. The van der Waals surface area contributed by atoms with Crippen LogP contribution in [0.2, 0.25) is 0 Å². The summed E-state index contributed by atoms with van der Waals surface area (Å²) in [6.07, 6.45) is 1.37. The highest BCUT2D eigenvalue weighted by Crippen LogP contribution is 2.11. The second-order valence-electron chi connectivity index (χ2n) is 2.98. The van der Waals surface area contributed by atoms with E-state index in [0.29, 0.717) is 22.7 Å². The Hall–Kier alpha value is -1.98. The summed E-state index contributed by atoms with van der Waals surface area (Å²) in [5.74, 6) is 0.146. The molecule has 0 radical (unpaired) electrons. The van der Waals surface area contributed by atoms with Crippen LogP contribution in [-0.2, 0) is 0 Å². The average Bonchev–Trinajstić information content (AvgIpc) is 2.69. The van der Waals surface area contributed by atoms with Gasteiger partial charge < -0.3 is 5.73 Å². The summed E-state index contributed by atoms with van der Waals surface area (Å²) in [6, 6.07) is 0. The van der Waals surface area contributed by atoms with Crippen LogP contribution in [0.15, 0.2) is 6.33 Å². The zero-order chi connectivity index (χ0) is 12.3. The maximum Gasteiger partial charge on any atom is 0.254 e. The Kier molecular flexibility index (Phi) is 3.55. The molecule has 0 bridgehead atoms. The summed E-state index contributed by atoms with van der Waals surface area (Å²) in [7, 11) is 0. The average molecular weight is 221 g/mol. The summed E-state index contributed by atoms with van der Waals surface area (Å²) in [4.78, 5) is 19.3. The molecule has 1 amide bonds. The topological polar surface area (TPSA) is 86.2 Å². The number of carbonyl (C=O) groups is 1. The van der Waals surface area contributed by atoms with Crippen molar-refractivity contribution in [2.45, 2.75) is 27.7 Å². The van der Waals surface area contributed by atoms with Crippen molar-refractivity contribution in [3.8, 4) is 0 Å². The van der Waals surface area contributed by atoms with Gasteiger partial charge >= 0.3 is 0 Å². The molecule has 0 aliphatic carbocycles. The molecular weight excluding hydrogens is 206 g/mol. The molecule has 2 heterocycles. The lowest BCUT2D eigenvalue weighted by Crippen LogP contribution is -2.17. The molecule has 2 N–H and O–H groups in total. The molecule has 0 unspecified atom stereocenters. The minimum absolute atomic E-state index is 0.327. The molecule has 0 spiro atoms. The lowest BCUT2D eigenvalue weighted by Gasteiger charge is -2.04. The smallest absolute Gasteiger partial charge is 0.254 e. The number of hydrogen-bond acceptors (Lipinski definition) is 4. The Balaban J connectivity index is 0.000000606. The maximum atomic E-state index is 11.1. The van der Waals surface area contributed by atoms with Crippen molar-refractivity contribution in [1.29, 1.82) is 0 Å². The van der Waals surface area contributed by atoms with E-state index in [9.17, 15) is 4.79 Å². The molecule has 0 fully saturated rings. The lowest BCUT2D eigenvalue weighted by atomic mass is 10.2. The van der Waals surface area contributed by atoms with Crippen LogP contribution in [0.5, 0.6) is 0 Å². The first-order valence-corrected chi connectivity index (χ1v) is 5.08. The third-order valence-electron chi connectivity index (χ3n) is 2.02. The molecule has 0 aliphatic heterocycles. The molecule has 0 aliphatic rings. The van der Waals surface area contributed by atoms with Crippen LogP contribution in [0.1, 0.15) is 35.7 Å². The van der Waals surface area contributed by atoms with E-state index in [-0.39, 0.29) is 0 Å². The van der Waals surface area contributed by atoms with Gasteiger partial charge in [0, 0.05) is 0 Å². The number of carbonyl (C=O) groups excluding carboxylic acids is 1. The molecule has 0 atom stereocenters. The first-order chi connectivity index (χ1) is 7.61. The van der Waals surface area contributed by atoms with Crippen LogP contribution in [-0.4, -0.2) is 25.5 Å². The molecule has 6 heteroatoms. The van der Waals surface area contributed by atoms with Gasteiger partial charge in [-0.3, -0.25) is 4.79 Å². The van der Waals surface area contributed by atoms with E-state index in [1.165, 1.54) is 10.8 Å². The predicted octanol–water partition coefficient (Wildman–Crippen LogP) is 0.866. The fourth-order valence-corrected chi connectivity index (χ4v) is 1.45. The highest BCUT2D eigenvalue weighted by molar-refractivity contribution is 5.99. The number of aromatic nitrogens is 4. The van der Waals surface area contributed by atoms with Gasteiger partial charge in [-0.15, -0.1) is 0 Å². The third-order valence-corrected chi connectivity index (χ3v) is 2.02. The van der Waals surface area contributed by atoms with Gasteiger partial charge in [0.2, 0.25) is 0 Å². The zero-order valence-corrected chi connectivity index (χ0v) is 9.85. The second-order valence-corrected chi connectivity index (χ2v) is 2.98. The third kappa shape index (κ3) is 1.86. The number of rotatable bonds is 1. The number of aryl methyl sites for hydroxylation is 2. The van der Waals surface area contributed by atoms with Crippen LogP contribution in [0.25, 0.3) is 5.65 Å². The number of nitrogens with two attached hydrogens (primary N) is 1. The van der Waals surface area contributed by atoms with Crippen molar-refractivity contribution in [2.24, 2.45) is 5.73 Å². The Morgan fingerprint density at radius 2 is 2.00 bits per heavy atom. The van der Waals surface area contributed by atoms with E-state index in [2.05, 4.69) is 15.1 Å². The van der Waals surface area contributed by atoms with Crippen molar-refractivity contribution < 1.29 is 4.79 Å². The number of primary amides is 1. The predicted molar refractivity (Wildman–Crippen MR) is 60.1 cm³/mol. The first-order valence-electron chi connectivity index (χ1n) is 5.08. The number of nitrogens with zero attached hydrogens (tertiary/aromatic N) is 4. The summed E-state index contributed by atoms with van der Waals surface area (Å²) in [5, 5.41) is 3.94. The quantitative estimate of drug-likeness (QED) is 0.774.